The predicted octanol–water partition coefficient (Wildman–Crippen LogP) is 5.41. The van der Waals surface area contributed by atoms with Crippen LogP contribution in [0.5, 0.6) is 0 Å². The molecule has 6 nitrogen and oxygen atoms in total. The lowest BCUT2D eigenvalue weighted by Gasteiger charge is -2.15. The Morgan fingerprint density at radius 2 is 1.93 bits per heavy atom. The number of ether oxygens (including phenoxy) is 1. The summed E-state index contributed by atoms with van der Waals surface area (Å²) in [6.07, 6.45) is 3.78. The van der Waals surface area contributed by atoms with Crippen molar-refractivity contribution < 1.29 is 9.66 Å². The zero-order chi connectivity index (χ0) is 19.4. The molecule has 27 heavy (non-hydrogen) atoms. The van der Waals surface area contributed by atoms with Gasteiger partial charge in [0.2, 0.25) is 0 Å². The SMILES string of the molecule is C[Si](C)(C)CCOCn1ccc2c(Sc3ccc([N+](=O)[O-])cc3)ccnc21. The second-order valence-corrected chi connectivity index (χ2v) is 14.3. The fourth-order valence-electron chi connectivity index (χ4n) is 2.56. The first-order valence-corrected chi connectivity index (χ1v) is 13.3. The second-order valence-electron chi connectivity index (χ2n) is 7.53. The molecule has 0 saturated carbocycles. The highest BCUT2D eigenvalue weighted by Crippen LogP contribution is 2.33. The van der Waals surface area contributed by atoms with Crippen LogP contribution in [0.15, 0.2) is 58.6 Å². The van der Waals surface area contributed by atoms with Crippen molar-refractivity contribution in [2.75, 3.05) is 6.61 Å². The van der Waals surface area contributed by atoms with Crippen LogP contribution in [0.1, 0.15) is 0 Å². The van der Waals surface area contributed by atoms with Gasteiger partial charge in [-0.25, -0.2) is 4.98 Å². The van der Waals surface area contributed by atoms with Crippen LogP contribution < -0.4 is 0 Å². The van der Waals surface area contributed by atoms with E-state index in [0.29, 0.717) is 6.73 Å². The summed E-state index contributed by atoms with van der Waals surface area (Å²) in [4.78, 5) is 16.9. The molecular formula is C19H23N3O3SSi. The molecule has 8 heteroatoms. The fourth-order valence-corrected chi connectivity index (χ4v) is 4.24. The first kappa shape index (κ1) is 19.6. The van der Waals surface area contributed by atoms with Crippen LogP contribution >= 0.6 is 11.8 Å². The normalized spacial score (nSPS) is 11.8. The Labute approximate surface area is 163 Å². The predicted molar refractivity (Wildman–Crippen MR) is 111 cm³/mol. The molecule has 3 rings (SSSR count). The molecule has 0 amide bonds. The van der Waals surface area contributed by atoms with Crippen molar-refractivity contribution in [1.82, 2.24) is 9.55 Å². The zero-order valence-corrected chi connectivity index (χ0v) is 17.5. The van der Waals surface area contributed by atoms with Gasteiger partial charge in [-0.1, -0.05) is 31.4 Å². The minimum absolute atomic E-state index is 0.0980. The van der Waals surface area contributed by atoms with Crippen molar-refractivity contribution >= 4 is 36.6 Å². The Balaban J connectivity index is 1.72. The number of pyridine rings is 1. The molecule has 0 N–H and O–H groups in total. The molecule has 0 saturated heterocycles. The highest BCUT2D eigenvalue weighted by Gasteiger charge is 2.13. The van der Waals surface area contributed by atoms with Crippen molar-refractivity contribution in [3.8, 4) is 0 Å². The van der Waals surface area contributed by atoms with Crippen LogP contribution in [0.3, 0.4) is 0 Å². The molecule has 0 bridgehead atoms. The zero-order valence-electron chi connectivity index (χ0n) is 15.7. The standard InChI is InChI=1S/C19H23N3O3SSi/c1-27(2,3)13-12-25-14-21-11-9-17-18(8-10-20-19(17)21)26-16-6-4-15(5-7-16)22(23)24/h4-11H,12-14H2,1-3H3. The van der Waals surface area contributed by atoms with Crippen LogP contribution in [0, 0.1) is 10.1 Å². The van der Waals surface area contributed by atoms with Crippen LogP contribution in [0.2, 0.25) is 25.7 Å². The van der Waals surface area contributed by atoms with Gasteiger partial charge in [-0.3, -0.25) is 10.1 Å². The molecule has 0 atom stereocenters. The third-order valence-corrected chi connectivity index (χ3v) is 6.91. The number of non-ortho nitro benzene ring substituents is 1. The van der Waals surface area contributed by atoms with Crippen LogP contribution in [-0.2, 0) is 11.5 Å². The quantitative estimate of drug-likeness (QED) is 0.218. The number of aromatic nitrogens is 2. The summed E-state index contributed by atoms with van der Waals surface area (Å²) in [6.45, 7) is 8.28. The summed E-state index contributed by atoms with van der Waals surface area (Å²) in [7, 11) is -1.09. The fraction of sp³-hybridized carbons (Fsp3) is 0.316. The number of nitro groups is 1. The maximum absolute atomic E-state index is 10.8. The monoisotopic (exact) mass is 401 g/mol. The molecule has 0 unspecified atom stereocenters. The molecule has 0 spiro atoms. The van der Waals surface area contributed by atoms with E-state index in [1.807, 2.05) is 22.9 Å². The molecule has 0 fully saturated rings. The molecule has 2 aromatic heterocycles. The third kappa shape index (κ3) is 5.18. The topological polar surface area (TPSA) is 70.2 Å². The van der Waals surface area contributed by atoms with Crippen molar-refractivity contribution in [3.05, 3.63) is 58.9 Å². The Kier molecular flexibility index (Phi) is 5.98. The summed E-state index contributed by atoms with van der Waals surface area (Å²) in [6, 6.07) is 11.7. The molecule has 3 aromatic rings. The van der Waals surface area contributed by atoms with E-state index >= 15 is 0 Å². The number of rotatable bonds is 8. The van der Waals surface area contributed by atoms with Gasteiger partial charge in [0, 0.05) is 54.4 Å². The number of nitrogens with zero attached hydrogens (tertiary/aromatic N) is 3. The molecule has 1 aromatic carbocycles. The first-order chi connectivity index (χ1) is 12.8. The van der Waals surface area contributed by atoms with Crippen molar-refractivity contribution in [2.24, 2.45) is 0 Å². The largest absolute Gasteiger partial charge is 0.361 e. The van der Waals surface area contributed by atoms with E-state index in [0.717, 1.165) is 33.5 Å². The lowest BCUT2D eigenvalue weighted by Crippen LogP contribution is -2.22. The third-order valence-electron chi connectivity index (χ3n) is 4.12. The summed E-state index contributed by atoms with van der Waals surface area (Å²) in [5.74, 6) is 0. The van der Waals surface area contributed by atoms with Gasteiger partial charge in [0.15, 0.2) is 0 Å². The average Bonchev–Trinajstić information content (AvgIpc) is 3.03. The van der Waals surface area contributed by atoms with Gasteiger partial charge in [0.25, 0.3) is 5.69 Å². The lowest BCUT2D eigenvalue weighted by atomic mass is 10.3. The number of hydrogen-bond acceptors (Lipinski definition) is 5. The maximum atomic E-state index is 10.8. The molecule has 0 radical (unpaired) electrons. The van der Waals surface area contributed by atoms with Crippen molar-refractivity contribution in [3.63, 3.8) is 0 Å². The maximum Gasteiger partial charge on any atom is 0.269 e. The van der Waals surface area contributed by atoms with Gasteiger partial charge in [-0.15, -0.1) is 0 Å². The van der Waals surface area contributed by atoms with Gasteiger partial charge in [-0.2, -0.15) is 0 Å². The summed E-state index contributed by atoms with van der Waals surface area (Å²) >= 11 is 1.57. The Morgan fingerprint density at radius 1 is 1.19 bits per heavy atom. The smallest absolute Gasteiger partial charge is 0.269 e. The number of benzene rings is 1. The van der Waals surface area contributed by atoms with Gasteiger partial charge in [-0.05, 0) is 30.3 Å². The molecular weight excluding hydrogens is 378 g/mol. The van der Waals surface area contributed by atoms with E-state index < -0.39 is 8.07 Å². The minimum atomic E-state index is -1.09. The Hall–Kier alpha value is -2.16. The van der Waals surface area contributed by atoms with E-state index in [1.165, 1.54) is 12.1 Å². The van der Waals surface area contributed by atoms with Crippen molar-refractivity contribution in [1.29, 1.82) is 0 Å². The van der Waals surface area contributed by atoms with Gasteiger partial charge in [0.05, 0.1) is 4.92 Å². The van der Waals surface area contributed by atoms with E-state index in [2.05, 4.69) is 24.6 Å². The molecule has 0 aliphatic carbocycles. The van der Waals surface area contributed by atoms with Gasteiger partial charge < -0.3 is 9.30 Å². The van der Waals surface area contributed by atoms with E-state index in [4.69, 9.17) is 4.74 Å². The number of nitro benzene ring substituents is 1. The van der Waals surface area contributed by atoms with Gasteiger partial charge in [0.1, 0.15) is 12.4 Å². The van der Waals surface area contributed by atoms with E-state index in [-0.39, 0.29) is 10.6 Å². The number of fused-ring (bicyclic) bond motifs is 1. The first-order valence-electron chi connectivity index (χ1n) is 8.77. The number of hydrogen-bond donors (Lipinski definition) is 0. The average molecular weight is 402 g/mol. The Morgan fingerprint density at radius 3 is 2.59 bits per heavy atom. The van der Waals surface area contributed by atoms with E-state index in [9.17, 15) is 10.1 Å². The molecule has 142 valence electrons. The van der Waals surface area contributed by atoms with Gasteiger partial charge >= 0.3 is 0 Å². The molecule has 0 aliphatic rings. The highest BCUT2D eigenvalue weighted by atomic mass is 32.2. The summed E-state index contributed by atoms with van der Waals surface area (Å²) in [5.41, 5.74) is 0.982. The second kappa shape index (κ2) is 8.24. The highest BCUT2D eigenvalue weighted by molar-refractivity contribution is 7.99. The van der Waals surface area contributed by atoms with Crippen LogP contribution in [0.4, 0.5) is 5.69 Å². The van der Waals surface area contributed by atoms with Crippen LogP contribution in [-0.4, -0.2) is 29.2 Å². The summed E-state index contributed by atoms with van der Waals surface area (Å²) < 4.78 is 7.86. The summed E-state index contributed by atoms with van der Waals surface area (Å²) in [5, 5.41) is 11.8. The molecule has 2 heterocycles. The van der Waals surface area contributed by atoms with E-state index in [1.54, 1.807) is 30.1 Å². The lowest BCUT2D eigenvalue weighted by molar-refractivity contribution is -0.384. The minimum Gasteiger partial charge on any atom is -0.361 e. The molecule has 0 aliphatic heterocycles. The van der Waals surface area contributed by atoms with Crippen LogP contribution in [0.25, 0.3) is 11.0 Å². The Bertz CT molecular complexity index is 936. The van der Waals surface area contributed by atoms with Crippen molar-refractivity contribution in [2.45, 2.75) is 42.2 Å².